The van der Waals surface area contributed by atoms with Crippen LogP contribution in [0.3, 0.4) is 0 Å². The summed E-state index contributed by atoms with van der Waals surface area (Å²) in [5, 5.41) is 10.8. The van der Waals surface area contributed by atoms with Gasteiger partial charge in [-0.3, -0.25) is 14.9 Å². The predicted octanol–water partition coefficient (Wildman–Crippen LogP) is 2.89. The van der Waals surface area contributed by atoms with Gasteiger partial charge in [0.05, 0.1) is 18.6 Å². The summed E-state index contributed by atoms with van der Waals surface area (Å²) in [5.74, 6) is -0.106. The summed E-state index contributed by atoms with van der Waals surface area (Å²) < 4.78 is 23.9. The minimum atomic E-state index is -0.980. The number of nitro benzene ring substituents is 1. The molecule has 0 radical (unpaired) electrons. The van der Waals surface area contributed by atoms with Crippen molar-refractivity contribution >= 4 is 11.6 Å². The van der Waals surface area contributed by atoms with Gasteiger partial charge < -0.3 is 14.4 Å². The first kappa shape index (κ1) is 18.2. The lowest BCUT2D eigenvalue weighted by Crippen LogP contribution is -2.30. The van der Waals surface area contributed by atoms with Crippen LogP contribution >= 0.6 is 0 Å². The van der Waals surface area contributed by atoms with Gasteiger partial charge in [-0.05, 0) is 36.4 Å². The number of benzene rings is 2. The molecule has 0 fully saturated rings. The van der Waals surface area contributed by atoms with Crippen LogP contribution in [0.4, 0.5) is 10.1 Å². The maximum Gasteiger partial charge on any atom is 0.305 e. The number of rotatable bonds is 7. The van der Waals surface area contributed by atoms with Gasteiger partial charge in [-0.2, -0.15) is 4.39 Å². The number of carbonyl (C=O) groups excluding carboxylic acids is 1. The average molecular weight is 348 g/mol. The zero-order chi connectivity index (χ0) is 18.4. The molecule has 0 saturated carbocycles. The number of nitrogens with zero attached hydrogens (tertiary/aromatic N) is 2. The SMILES string of the molecule is COc1ccc(OCCN(C)C(=O)c2ccc(F)c([N+](=O)[O-])c2)cc1. The second kappa shape index (κ2) is 8.09. The molecule has 0 unspecified atom stereocenters. The molecule has 0 N–H and O–H groups in total. The molecule has 7 nitrogen and oxygen atoms in total. The molecule has 132 valence electrons. The molecule has 0 heterocycles. The largest absolute Gasteiger partial charge is 0.497 e. The minimum absolute atomic E-state index is 0.0417. The molecule has 1 amide bonds. The van der Waals surface area contributed by atoms with Gasteiger partial charge >= 0.3 is 5.69 Å². The summed E-state index contributed by atoms with van der Waals surface area (Å²) in [6.07, 6.45) is 0. The Bertz CT molecular complexity index is 764. The van der Waals surface area contributed by atoms with Crippen molar-refractivity contribution in [1.29, 1.82) is 0 Å². The van der Waals surface area contributed by atoms with E-state index in [1.54, 1.807) is 31.4 Å². The molecule has 2 rings (SSSR count). The molecule has 2 aromatic carbocycles. The quantitative estimate of drug-likeness (QED) is 0.568. The van der Waals surface area contributed by atoms with Crippen molar-refractivity contribution in [2.24, 2.45) is 0 Å². The monoisotopic (exact) mass is 348 g/mol. The smallest absolute Gasteiger partial charge is 0.305 e. The molecule has 25 heavy (non-hydrogen) atoms. The fourth-order valence-corrected chi connectivity index (χ4v) is 2.08. The van der Waals surface area contributed by atoms with Crippen molar-refractivity contribution < 1.29 is 23.6 Å². The van der Waals surface area contributed by atoms with E-state index in [-0.39, 0.29) is 18.7 Å². The van der Waals surface area contributed by atoms with E-state index in [1.807, 2.05) is 0 Å². The number of amides is 1. The van der Waals surface area contributed by atoms with E-state index in [4.69, 9.17) is 9.47 Å². The van der Waals surface area contributed by atoms with Crippen LogP contribution in [-0.2, 0) is 0 Å². The van der Waals surface area contributed by atoms with E-state index < -0.39 is 22.3 Å². The van der Waals surface area contributed by atoms with E-state index in [1.165, 1.54) is 18.0 Å². The molecule has 8 heteroatoms. The van der Waals surface area contributed by atoms with Crippen molar-refractivity contribution in [2.45, 2.75) is 0 Å². The summed E-state index contributed by atoms with van der Waals surface area (Å²) in [5.41, 5.74) is -0.686. The van der Waals surface area contributed by atoms with Gasteiger partial charge in [0.1, 0.15) is 18.1 Å². The second-order valence-electron chi connectivity index (χ2n) is 5.17. The topological polar surface area (TPSA) is 81.9 Å². The van der Waals surface area contributed by atoms with Crippen LogP contribution < -0.4 is 9.47 Å². The Labute approximate surface area is 143 Å². The molecular formula is C17H17FN2O5. The van der Waals surface area contributed by atoms with Crippen LogP contribution in [0.1, 0.15) is 10.4 Å². The van der Waals surface area contributed by atoms with Crippen LogP contribution in [0.2, 0.25) is 0 Å². The number of nitro groups is 1. The van der Waals surface area contributed by atoms with E-state index in [0.29, 0.717) is 11.5 Å². The second-order valence-corrected chi connectivity index (χ2v) is 5.17. The highest BCUT2D eigenvalue weighted by atomic mass is 19.1. The summed E-state index contributed by atoms with van der Waals surface area (Å²) in [7, 11) is 3.10. The minimum Gasteiger partial charge on any atom is -0.497 e. The van der Waals surface area contributed by atoms with Crippen molar-refractivity contribution in [1.82, 2.24) is 4.90 Å². The van der Waals surface area contributed by atoms with E-state index >= 15 is 0 Å². The number of carbonyl (C=O) groups is 1. The number of hydrogen-bond acceptors (Lipinski definition) is 5. The third kappa shape index (κ3) is 4.66. The van der Waals surface area contributed by atoms with Gasteiger partial charge in [0.2, 0.25) is 5.82 Å². The number of ether oxygens (including phenoxy) is 2. The Morgan fingerprint density at radius 2 is 1.84 bits per heavy atom. The maximum absolute atomic E-state index is 13.3. The molecule has 0 aliphatic carbocycles. The van der Waals surface area contributed by atoms with Crippen molar-refractivity contribution in [3.05, 3.63) is 64.0 Å². The summed E-state index contributed by atoms with van der Waals surface area (Å²) in [4.78, 5) is 23.5. The zero-order valence-corrected chi connectivity index (χ0v) is 13.8. The lowest BCUT2D eigenvalue weighted by Gasteiger charge is -2.17. The van der Waals surface area contributed by atoms with Crippen molar-refractivity contribution in [3.63, 3.8) is 0 Å². The highest BCUT2D eigenvalue weighted by molar-refractivity contribution is 5.94. The predicted molar refractivity (Wildman–Crippen MR) is 88.5 cm³/mol. The molecule has 0 atom stereocenters. The molecule has 0 aliphatic rings. The molecule has 0 aromatic heterocycles. The molecule has 0 aliphatic heterocycles. The van der Waals surface area contributed by atoms with E-state index in [9.17, 15) is 19.3 Å². The standard InChI is InChI=1S/C17H17FN2O5/c1-19(9-10-25-14-6-4-13(24-2)5-7-14)17(21)12-3-8-15(18)16(11-12)20(22)23/h3-8,11H,9-10H2,1-2H3. The van der Waals surface area contributed by atoms with Gasteiger partial charge in [0.15, 0.2) is 0 Å². The number of methoxy groups -OCH3 is 1. The van der Waals surface area contributed by atoms with Crippen LogP contribution in [0.15, 0.2) is 42.5 Å². The molecule has 0 bridgehead atoms. The molecule has 0 spiro atoms. The van der Waals surface area contributed by atoms with Crippen molar-refractivity contribution in [3.8, 4) is 11.5 Å². The molecular weight excluding hydrogens is 331 g/mol. The normalized spacial score (nSPS) is 10.2. The zero-order valence-electron chi connectivity index (χ0n) is 13.8. The highest BCUT2D eigenvalue weighted by Crippen LogP contribution is 2.20. The van der Waals surface area contributed by atoms with Gasteiger partial charge in [0, 0.05) is 18.7 Å². The summed E-state index contributed by atoms with van der Waals surface area (Å²) in [6.45, 7) is 0.494. The third-order valence-electron chi connectivity index (χ3n) is 3.49. The van der Waals surface area contributed by atoms with Gasteiger partial charge in [-0.15, -0.1) is 0 Å². The fraction of sp³-hybridized carbons (Fsp3) is 0.235. The number of halogens is 1. The highest BCUT2D eigenvalue weighted by Gasteiger charge is 2.19. The van der Waals surface area contributed by atoms with Gasteiger partial charge in [-0.1, -0.05) is 0 Å². The first-order valence-corrected chi connectivity index (χ1v) is 7.38. The molecule has 2 aromatic rings. The summed E-state index contributed by atoms with van der Waals surface area (Å²) in [6, 6.07) is 10.0. The average Bonchev–Trinajstić information content (AvgIpc) is 2.61. The Kier molecular flexibility index (Phi) is 5.89. The van der Waals surface area contributed by atoms with Crippen LogP contribution in [-0.4, -0.2) is 43.0 Å². The maximum atomic E-state index is 13.3. The molecule has 0 saturated heterocycles. The first-order chi connectivity index (χ1) is 11.9. The third-order valence-corrected chi connectivity index (χ3v) is 3.49. The lowest BCUT2D eigenvalue weighted by molar-refractivity contribution is -0.387. The Hall–Kier alpha value is -3.16. The van der Waals surface area contributed by atoms with Crippen molar-refractivity contribution in [2.75, 3.05) is 27.3 Å². The Balaban J connectivity index is 1.93. The number of hydrogen-bond donors (Lipinski definition) is 0. The van der Waals surface area contributed by atoms with Crippen LogP contribution in [0.5, 0.6) is 11.5 Å². The Morgan fingerprint density at radius 3 is 2.44 bits per heavy atom. The van der Waals surface area contributed by atoms with E-state index in [2.05, 4.69) is 0 Å². The van der Waals surface area contributed by atoms with Gasteiger partial charge in [0.25, 0.3) is 5.91 Å². The summed E-state index contributed by atoms with van der Waals surface area (Å²) >= 11 is 0. The lowest BCUT2D eigenvalue weighted by atomic mass is 10.1. The first-order valence-electron chi connectivity index (χ1n) is 7.38. The fourth-order valence-electron chi connectivity index (χ4n) is 2.08. The number of likely N-dealkylation sites (N-methyl/N-ethyl adjacent to an activating group) is 1. The Morgan fingerprint density at radius 1 is 1.20 bits per heavy atom. The van der Waals surface area contributed by atoms with Crippen LogP contribution in [0.25, 0.3) is 0 Å². The van der Waals surface area contributed by atoms with E-state index in [0.717, 1.165) is 12.1 Å². The van der Waals surface area contributed by atoms with Gasteiger partial charge in [-0.25, -0.2) is 0 Å². The van der Waals surface area contributed by atoms with Crippen LogP contribution in [0, 0.1) is 15.9 Å².